The van der Waals surface area contributed by atoms with E-state index in [1.807, 2.05) is 0 Å². The molecule has 0 unspecified atom stereocenters. The number of esters is 1. The molecule has 0 spiro atoms. The molecule has 0 heterocycles. The Morgan fingerprint density at radius 1 is 0.914 bits per heavy atom. The lowest BCUT2D eigenvalue weighted by atomic mass is 9.82. The summed E-state index contributed by atoms with van der Waals surface area (Å²) in [7, 11) is 1.67. The predicted octanol–water partition coefficient (Wildman–Crippen LogP) is 7.06. The van der Waals surface area contributed by atoms with Gasteiger partial charge in [0, 0.05) is 18.7 Å². The van der Waals surface area contributed by atoms with Gasteiger partial charge in [0.1, 0.15) is 5.75 Å². The number of carbonyl (C=O) groups is 1. The molecule has 3 aromatic rings. The van der Waals surface area contributed by atoms with Gasteiger partial charge in [-0.3, -0.25) is 0 Å². The van der Waals surface area contributed by atoms with Gasteiger partial charge in [-0.15, -0.1) is 0 Å². The smallest absolute Gasteiger partial charge is 0.343 e. The zero-order chi connectivity index (χ0) is 24.9. The van der Waals surface area contributed by atoms with Crippen LogP contribution in [0.15, 0.2) is 54.6 Å². The second-order valence-corrected chi connectivity index (χ2v) is 8.53. The third-order valence-corrected chi connectivity index (χ3v) is 6.41. The van der Waals surface area contributed by atoms with Crippen LogP contribution in [0.4, 0.5) is 13.2 Å². The van der Waals surface area contributed by atoms with Gasteiger partial charge in [-0.05, 0) is 73.9 Å². The number of ether oxygens (including phenoxy) is 3. The van der Waals surface area contributed by atoms with E-state index in [4.69, 9.17) is 14.2 Å². The second kappa shape index (κ2) is 11.0. The summed E-state index contributed by atoms with van der Waals surface area (Å²) in [5, 5.41) is 0. The maximum atomic E-state index is 15.0. The third kappa shape index (κ3) is 5.51. The molecule has 1 aliphatic carbocycles. The van der Waals surface area contributed by atoms with Crippen molar-refractivity contribution in [3.63, 3.8) is 0 Å². The van der Waals surface area contributed by atoms with Gasteiger partial charge in [-0.25, -0.2) is 18.0 Å². The lowest BCUT2D eigenvalue weighted by Crippen LogP contribution is -2.20. The molecule has 0 aliphatic heterocycles. The highest BCUT2D eigenvalue weighted by Gasteiger charge is 2.26. The van der Waals surface area contributed by atoms with Crippen LogP contribution in [0.2, 0.25) is 0 Å². The van der Waals surface area contributed by atoms with Crippen molar-refractivity contribution in [3.05, 3.63) is 83.2 Å². The second-order valence-electron chi connectivity index (χ2n) is 8.53. The molecule has 7 heteroatoms. The van der Waals surface area contributed by atoms with Crippen LogP contribution in [-0.4, -0.2) is 25.8 Å². The average molecular weight is 485 g/mol. The van der Waals surface area contributed by atoms with Crippen LogP contribution in [0.1, 0.15) is 54.4 Å². The number of hydrogen-bond donors (Lipinski definition) is 0. The first-order valence-electron chi connectivity index (χ1n) is 11.7. The van der Waals surface area contributed by atoms with Gasteiger partial charge >= 0.3 is 5.97 Å². The summed E-state index contributed by atoms with van der Waals surface area (Å²) in [5.74, 6) is -3.18. The molecule has 0 N–H and O–H groups in total. The van der Waals surface area contributed by atoms with Crippen molar-refractivity contribution in [2.75, 3.05) is 13.7 Å². The Bertz CT molecular complexity index is 1190. The molecule has 0 saturated heterocycles. The largest absolute Gasteiger partial charge is 0.494 e. The van der Waals surface area contributed by atoms with E-state index in [2.05, 4.69) is 0 Å². The summed E-state index contributed by atoms with van der Waals surface area (Å²) in [5.41, 5.74) is 1.06. The van der Waals surface area contributed by atoms with Gasteiger partial charge in [0.15, 0.2) is 23.2 Å². The molecule has 1 aliphatic rings. The fourth-order valence-electron chi connectivity index (χ4n) is 4.48. The Morgan fingerprint density at radius 3 is 2.26 bits per heavy atom. The normalized spacial score (nSPS) is 17.7. The van der Waals surface area contributed by atoms with Crippen LogP contribution in [-0.2, 0) is 4.74 Å². The third-order valence-electron chi connectivity index (χ3n) is 6.41. The number of halogens is 3. The van der Waals surface area contributed by atoms with Crippen molar-refractivity contribution < 1.29 is 32.2 Å². The molecule has 0 aromatic heterocycles. The summed E-state index contributed by atoms with van der Waals surface area (Å²) >= 11 is 0. The molecule has 0 radical (unpaired) electrons. The van der Waals surface area contributed by atoms with Gasteiger partial charge in [0.05, 0.1) is 18.3 Å². The molecule has 35 heavy (non-hydrogen) atoms. The van der Waals surface area contributed by atoms with Gasteiger partial charge in [-0.2, -0.15) is 0 Å². The van der Waals surface area contributed by atoms with Gasteiger partial charge in [0.25, 0.3) is 0 Å². The van der Waals surface area contributed by atoms with Crippen molar-refractivity contribution in [1.29, 1.82) is 0 Å². The quantitative estimate of drug-likeness (QED) is 0.266. The molecule has 4 rings (SSSR count). The minimum Gasteiger partial charge on any atom is -0.494 e. The van der Waals surface area contributed by atoms with Crippen LogP contribution in [0.25, 0.3) is 11.1 Å². The van der Waals surface area contributed by atoms with E-state index in [9.17, 15) is 18.0 Å². The molecule has 0 bridgehead atoms. The molecule has 1 fully saturated rings. The monoisotopic (exact) mass is 484 g/mol. The van der Waals surface area contributed by atoms with Crippen LogP contribution in [0, 0.1) is 17.5 Å². The Balaban J connectivity index is 1.47. The van der Waals surface area contributed by atoms with Gasteiger partial charge in [0.2, 0.25) is 0 Å². The first-order chi connectivity index (χ1) is 16.9. The Labute approximate surface area is 202 Å². The van der Waals surface area contributed by atoms with Gasteiger partial charge < -0.3 is 14.2 Å². The van der Waals surface area contributed by atoms with Crippen molar-refractivity contribution in [2.45, 2.75) is 44.6 Å². The maximum Gasteiger partial charge on any atom is 0.343 e. The van der Waals surface area contributed by atoms with Crippen LogP contribution >= 0.6 is 0 Å². The van der Waals surface area contributed by atoms with E-state index in [1.165, 1.54) is 36.4 Å². The minimum absolute atomic E-state index is 0.0370. The lowest BCUT2D eigenvalue weighted by molar-refractivity contribution is 0.0655. The Hall–Kier alpha value is -3.32. The van der Waals surface area contributed by atoms with Crippen molar-refractivity contribution in [3.8, 4) is 22.6 Å². The lowest BCUT2D eigenvalue weighted by Gasteiger charge is -2.28. The molecule has 3 aromatic carbocycles. The summed E-state index contributed by atoms with van der Waals surface area (Å²) in [6.45, 7) is 2.16. The zero-order valence-corrected chi connectivity index (χ0v) is 19.7. The Morgan fingerprint density at radius 2 is 1.63 bits per heavy atom. The first kappa shape index (κ1) is 24.8. The van der Waals surface area contributed by atoms with Crippen LogP contribution < -0.4 is 9.47 Å². The van der Waals surface area contributed by atoms with Crippen LogP contribution in [0.5, 0.6) is 11.5 Å². The number of carbonyl (C=O) groups excluding carboxylic acids is 1. The van der Waals surface area contributed by atoms with E-state index in [1.54, 1.807) is 26.2 Å². The minimum atomic E-state index is -0.914. The van der Waals surface area contributed by atoms with E-state index in [0.717, 1.165) is 31.7 Å². The summed E-state index contributed by atoms with van der Waals surface area (Å²) < 4.78 is 59.8. The van der Waals surface area contributed by atoms with Crippen molar-refractivity contribution >= 4 is 5.97 Å². The van der Waals surface area contributed by atoms with E-state index < -0.39 is 23.4 Å². The summed E-state index contributed by atoms with van der Waals surface area (Å²) in [4.78, 5) is 12.4. The van der Waals surface area contributed by atoms with E-state index in [0.29, 0.717) is 23.5 Å². The molecular weight excluding hydrogens is 457 g/mol. The number of methoxy groups -OCH3 is 1. The van der Waals surface area contributed by atoms with E-state index >= 15 is 0 Å². The fraction of sp³-hybridized carbons (Fsp3) is 0.321. The van der Waals surface area contributed by atoms with Crippen molar-refractivity contribution in [2.24, 2.45) is 0 Å². The number of rotatable bonds is 7. The molecule has 0 amide bonds. The summed E-state index contributed by atoms with van der Waals surface area (Å²) in [6, 6.07) is 13.0. The SMILES string of the molecule is CCOc1ccc(OC(=O)c2ccc(-c3ccc(C4CCC(OC)CC4)c(F)c3F)cc2)c(F)c1. The summed E-state index contributed by atoms with van der Waals surface area (Å²) in [6.07, 6.45) is 3.32. The number of benzene rings is 3. The highest BCUT2D eigenvalue weighted by Crippen LogP contribution is 2.37. The molecule has 184 valence electrons. The maximum absolute atomic E-state index is 15.0. The topological polar surface area (TPSA) is 44.8 Å². The molecular formula is C28H27F3O4. The molecule has 1 saturated carbocycles. The van der Waals surface area contributed by atoms with Crippen molar-refractivity contribution in [1.82, 2.24) is 0 Å². The van der Waals surface area contributed by atoms with Gasteiger partial charge in [-0.1, -0.05) is 24.3 Å². The fourth-order valence-corrected chi connectivity index (χ4v) is 4.48. The highest BCUT2D eigenvalue weighted by molar-refractivity contribution is 5.91. The Kier molecular flexibility index (Phi) is 7.76. The standard InChI is InChI=1S/C28H27F3O4/c1-3-34-21-12-15-25(24(29)16-21)35-28(32)19-6-4-17(5-7-19)22-13-14-23(27(31)26(22)30)18-8-10-20(33-2)11-9-18/h4-7,12-16,18,20H,3,8-11H2,1-2H3. The first-order valence-corrected chi connectivity index (χ1v) is 11.7. The van der Waals surface area contributed by atoms with E-state index in [-0.39, 0.29) is 28.9 Å². The molecule has 4 nitrogen and oxygen atoms in total. The highest BCUT2D eigenvalue weighted by atomic mass is 19.2. The van der Waals surface area contributed by atoms with Crippen LogP contribution in [0.3, 0.4) is 0 Å². The molecule has 0 atom stereocenters. The average Bonchev–Trinajstić information content (AvgIpc) is 2.87. The number of hydrogen-bond acceptors (Lipinski definition) is 4. The zero-order valence-electron chi connectivity index (χ0n) is 19.7. The predicted molar refractivity (Wildman–Crippen MR) is 126 cm³/mol.